The molecule has 14 heavy (non-hydrogen) atoms. The Kier molecular flexibility index (Phi) is 2.32. The van der Waals surface area contributed by atoms with Crippen molar-refractivity contribution in [1.82, 2.24) is 14.6 Å². The number of fused-ring (bicyclic) bond motifs is 1. The summed E-state index contributed by atoms with van der Waals surface area (Å²) in [7, 11) is 0. The second kappa shape index (κ2) is 3.63. The van der Waals surface area contributed by atoms with Crippen molar-refractivity contribution in [2.24, 2.45) is 0 Å². The van der Waals surface area contributed by atoms with Gasteiger partial charge in [-0.2, -0.15) is 0 Å². The molecule has 74 valence electrons. The van der Waals surface area contributed by atoms with E-state index < -0.39 is 0 Å². The van der Waals surface area contributed by atoms with Crippen LogP contribution in [-0.4, -0.2) is 26.3 Å². The fourth-order valence-electron chi connectivity index (χ4n) is 1.39. The van der Waals surface area contributed by atoms with Gasteiger partial charge in [0.05, 0.1) is 5.69 Å². The SMILES string of the molecule is Nc1cccn2c(CCCO)nnc12. The van der Waals surface area contributed by atoms with E-state index in [1.807, 2.05) is 16.7 Å². The maximum absolute atomic E-state index is 8.71. The number of nitrogens with zero attached hydrogens (tertiary/aromatic N) is 3. The van der Waals surface area contributed by atoms with E-state index in [0.717, 1.165) is 5.82 Å². The number of nitrogens with two attached hydrogens (primary N) is 1. The van der Waals surface area contributed by atoms with E-state index >= 15 is 0 Å². The van der Waals surface area contributed by atoms with Gasteiger partial charge in [-0.15, -0.1) is 10.2 Å². The molecule has 0 saturated carbocycles. The van der Waals surface area contributed by atoms with Crippen molar-refractivity contribution in [3.05, 3.63) is 24.2 Å². The lowest BCUT2D eigenvalue weighted by atomic mass is 10.3. The van der Waals surface area contributed by atoms with Crippen LogP contribution in [0.15, 0.2) is 18.3 Å². The average molecular weight is 192 g/mol. The van der Waals surface area contributed by atoms with Crippen LogP contribution in [0.3, 0.4) is 0 Å². The monoisotopic (exact) mass is 192 g/mol. The summed E-state index contributed by atoms with van der Waals surface area (Å²) >= 11 is 0. The molecule has 0 aliphatic carbocycles. The summed E-state index contributed by atoms with van der Waals surface area (Å²) in [6, 6.07) is 3.65. The summed E-state index contributed by atoms with van der Waals surface area (Å²) in [5.41, 5.74) is 7.03. The maximum atomic E-state index is 8.71. The van der Waals surface area contributed by atoms with Gasteiger partial charge in [-0.1, -0.05) is 0 Å². The van der Waals surface area contributed by atoms with Gasteiger partial charge in [0.15, 0.2) is 5.65 Å². The molecule has 5 heteroatoms. The largest absolute Gasteiger partial charge is 0.396 e. The van der Waals surface area contributed by atoms with Gasteiger partial charge in [0, 0.05) is 19.2 Å². The first-order valence-corrected chi connectivity index (χ1v) is 4.52. The highest BCUT2D eigenvalue weighted by Crippen LogP contribution is 2.12. The first-order valence-electron chi connectivity index (χ1n) is 4.52. The first kappa shape index (κ1) is 8.96. The van der Waals surface area contributed by atoms with E-state index in [9.17, 15) is 0 Å². The van der Waals surface area contributed by atoms with E-state index in [0.29, 0.717) is 24.2 Å². The highest BCUT2D eigenvalue weighted by Gasteiger charge is 2.05. The van der Waals surface area contributed by atoms with Gasteiger partial charge in [0.25, 0.3) is 0 Å². The minimum absolute atomic E-state index is 0.164. The lowest BCUT2D eigenvalue weighted by molar-refractivity contribution is 0.287. The van der Waals surface area contributed by atoms with Crippen LogP contribution in [0, 0.1) is 0 Å². The summed E-state index contributed by atoms with van der Waals surface area (Å²) in [5.74, 6) is 0.835. The first-order chi connectivity index (χ1) is 6.83. The second-order valence-electron chi connectivity index (χ2n) is 3.10. The van der Waals surface area contributed by atoms with Crippen LogP contribution in [-0.2, 0) is 6.42 Å². The van der Waals surface area contributed by atoms with Crippen LogP contribution < -0.4 is 5.73 Å². The number of hydrogen-bond acceptors (Lipinski definition) is 4. The molecule has 0 aliphatic rings. The molecule has 0 fully saturated rings. The van der Waals surface area contributed by atoms with Gasteiger partial charge in [-0.3, -0.25) is 4.40 Å². The predicted octanol–water partition coefficient (Wildman–Crippen LogP) is 0.236. The number of aryl methyl sites for hydroxylation is 1. The van der Waals surface area contributed by atoms with Crippen LogP contribution >= 0.6 is 0 Å². The van der Waals surface area contributed by atoms with Crippen LogP contribution in [0.25, 0.3) is 5.65 Å². The Labute approximate surface area is 81.2 Å². The molecule has 0 radical (unpaired) electrons. The lowest BCUT2D eigenvalue weighted by Crippen LogP contribution is -1.98. The molecule has 2 rings (SSSR count). The third kappa shape index (κ3) is 1.42. The Hall–Kier alpha value is -1.62. The Morgan fingerprint density at radius 3 is 3.07 bits per heavy atom. The molecule has 2 heterocycles. The normalized spacial score (nSPS) is 10.9. The molecule has 0 aliphatic heterocycles. The number of nitrogen functional groups attached to an aromatic ring is 1. The number of aromatic nitrogens is 3. The van der Waals surface area contributed by atoms with Crippen LogP contribution in [0.1, 0.15) is 12.2 Å². The van der Waals surface area contributed by atoms with E-state index in [1.54, 1.807) is 6.07 Å². The number of pyridine rings is 1. The number of rotatable bonds is 3. The molecular weight excluding hydrogens is 180 g/mol. The second-order valence-corrected chi connectivity index (χ2v) is 3.10. The smallest absolute Gasteiger partial charge is 0.183 e. The van der Waals surface area contributed by atoms with Gasteiger partial charge >= 0.3 is 0 Å². The lowest BCUT2D eigenvalue weighted by Gasteiger charge is -1.99. The molecule has 0 spiro atoms. The van der Waals surface area contributed by atoms with E-state index in [2.05, 4.69) is 10.2 Å². The van der Waals surface area contributed by atoms with Crippen molar-refractivity contribution in [1.29, 1.82) is 0 Å². The molecule has 2 aromatic heterocycles. The van der Waals surface area contributed by atoms with Crippen LogP contribution in [0.2, 0.25) is 0 Å². The van der Waals surface area contributed by atoms with Crippen LogP contribution in [0.5, 0.6) is 0 Å². The highest BCUT2D eigenvalue weighted by molar-refractivity contribution is 5.63. The summed E-state index contributed by atoms with van der Waals surface area (Å²) in [5, 5.41) is 16.7. The summed E-state index contributed by atoms with van der Waals surface area (Å²) < 4.78 is 1.85. The van der Waals surface area contributed by atoms with Gasteiger partial charge < -0.3 is 10.8 Å². The van der Waals surface area contributed by atoms with Crippen molar-refractivity contribution in [3.63, 3.8) is 0 Å². The number of aliphatic hydroxyl groups excluding tert-OH is 1. The summed E-state index contributed by atoms with van der Waals surface area (Å²) in [6.45, 7) is 0.164. The van der Waals surface area contributed by atoms with Gasteiger partial charge in [0.2, 0.25) is 0 Å². The average Bonchev–Trinajstić information content (AvgIpc) is 2.60. The Morgan fingerprint density at radius 1 is 1.43 bits per heavy atom. The van der Waals surface area contributed by atoms with Crippen molar-refractivity contribution in [2.45, 2.75) is 12.8 Å². The Morgan fingerprint density at radius 2 is 2.29 bits per heavy atom. The van der Waals surface area contributed by atoms with E-state index in [1.165, 1.54) is 0 Å². The van der Waals surface area contributed by atoms with Crippen LogP contribution in [0.4, 0.5) is 5.69 Å². The molecular formula is C9H12N4O. The molecule has 5 nitrogen and oxygen atoms in total. The number of aliphatic hydroxyl groups is 1. The van der Waals surface area contributed by atoms with Gasteiger partial charge in [0.1, 0.15) is 5.82 Å². The van der Waals surface area contributed by atoms with E-state index in [4.69, 9.17) is 10.8 Å². The quantitative estimate of drug-likeness (QED) is 0.730. The summed E-state index contributed by atoms with van der Waals surface area (Å²) in [4.78, 5) is 0. The third-order valence-corrected chi connectivity index (χ3v) is 2.09. The van der Waals surface area contributed by atoms with Gasteiger partial charge in [-0.25, -0.2) is 0 Å². The standard InChI is InChI=1S/C9H12N4O/c10-7-3-1-5-13-8(4-2-6-14)11-12-9(7)13/h1,3,5,14H,2,4,6,10H2. The highest BCUT2D eigenvalue weighted by atomic mass is 16.2. The zero-order valence-electron chi connectivity index (χ0n) is 7.72. The van der Waals surface area contributed by atoms with Gasteiger partial charge in [-0.05, 0) is 18.6 Å². The minimum Gasteiger partial charge on any atom is -0.396 e. The molecule has 3 N–H and O–H groups in total. The zero-order chi connectivity index (χ0) is 9.97. The minimum atomic E-state index is 0.164. The fraction of sp³-hybridized carbons (Fsp3) is 0.333. The van der Waals surface area contributed by atoms with E-state index in [-0.39, 0.29) is 6.61 Å². The number of hydrogen-bond donors (Lipinski definition) is 2. The van der Waals surface area contributed by atoms with Crippen molar-refractivity contribution in [3.8, 4) is 0 Å². The molecule has 0 atom stereocenters. The molecule has 2 aromatic rings. The Bertz CT molecular complexity index is 437. The van der Waals surface area contributed by atoms with Crippen molar-refractivity contribution >= 4 is 11.3 Å². The molecule has 0 saturated heterocycles. The third-order valence-electron chi connectivity index (χ3n) is 2.09. The Balaban J connectivity index is 2.42. The molecule has 0 unspecified atom stereocenters. The molecule has 0 bridgehead atoms. The molecule has 0 aromatic carbocycles. The topological polar surface area (TPSA) is 76.4 Å². The number of anilines is 1. The zero-order valence-corrected chi connectivity index (χ0v) is 7.72. The molecule has 0 amide bonds. The maximum Gasteiger partial charge on any atom is 0.183 e. The summed E-state index contributed by atoms with van der Waals surface area (Å²) in [6.07, 6.45) is 3.27. The predicted molar refractivity (Wildman–Crippen MR) is 52.8 cm³/mol. The fourth-order valence-corrected chi connectivity index (χ4v) is 1.39. The van der Waals surface area contributed by atoms with Crippen molar-refractivity contribution < 1.29 is 5.11 Å². The van der Waals surface area contributed by atoms with Crippen molar-refractivity contribution in [2.75, 3.05) is 12.3 Å².